The quantitative estimate of drug-likeness (QED) is 0.591. The highest BCUT2D eigenvalue weighted by molar-refractivity contribution is 4.94. The van der Waals surface area contributed by atoms with E-state index in [2.05, 4.69) is 32.6 Å². The predicted molar refractivity (Wildman–Crippen MR) is 84.6 cm³/mol. The van der Waals surface area contributed by atoms with Gasteiger partial charge in [0.15, 0.2) is 0 Å². The topological polar surface area (TPSA) is 38.5 Å². The summed E-state index contributed by atoms with van der Waals surface area (Å²) in [5.41, 5.74) is 6.38. The third kappa shape index (κ3) is 5.41. The molecule has 116 valence electrons. The molecule has 0 heterocycles. The Morgan fingerprint density at radius 2 is 1.58 bits per heavy atom. The average Bonchev–Trinajstić information content (AvgIpc) is 2.43. The number of ether oxygens (including phenoxy) is 1. The molecule has 0 aliphatic carbocycles. The molecule has 0 aromatic carbocycles. The molecule has 0 radical (unpaired) electrons. The number of rotatable bonds is 12. The summed E-state index contributed by atoms with van der Waals surface area (Å²) in [6.07, 6.45) is 7.15. The number of hydrogen-bond acceptors (Lipinski definition) is 3. The van der Waals surface area contributed by atoms with Gasteiger partial charge in [0, 0.05) is 31.8 Å². The molecule has 0 saturated carbocycles. The van der Waals surface area contributed by atoms with Crippen molar-refractivity contribution in [3.63, 3.8) is 0 Å². The van der Waals surface area contributed by atoms with Gasteiger partial charge in [-0.05, 0) is 25.7 Å². The Morgan fingerprint density at radius 3 is 1.89 bits per heavy atom. The molecule has 0 amide bonds. The smallest absolute Gasteiger partial charge is 0.0590 e. The van der Waals surface area contributed by atoms with Crippen LogP contribution in [0.25, 0.3) is 0 Å². The zero-order valence-electron chi connectivity index (χ0n) is 13.9. The van der Waals surface area contributed by atoms with Gasteiger partial charge in [-0.3, -0.25) is 4.90 Å². The van der Waals surface area contributed by atoms with Gasteiger partial charge in [0.25, 0.3) is 0 Å². The standard InChI is InChI=1S/C16H36N2O/c1-6-10-16(14-17,11-7-2)18(12-13-19-5)15(8-3)9-4/h15H,6-14,17H2,1-5H3. The van der Waals surface area contributed by atoms with Gasteiger partial charge >= 0.3 is 0 Å². The van der Waals surface area contributed by atoms with Crippen LogP contribution in [0.2, 0.25) is 0 Å². The monoisotopic (exact) mass is 272 g/mol. The molecule has 0 saturated heterocycles. The van der Waals surface area contributed by atoms with E-state index in [0.717, 1.165) is 19.7 Å². The van der Waals surface area contributed by atoms with E-state index in [4.69, 9.17) is 10.5 Å². The van der Waals surface area contributed by atoms with Gasteiger partial charge in [-0.25, -0.2) is 0 Å². The molecule has 3 heteroatoms. The van der Waals surface area contributed by atoms with Gasteiger partial charge in [0.05, 0.1) is 6.61 Å². The van der Waals surface area contributed by atoms with E-state index >= 15 is 0 Å². The summed E-state index contributed by atoms with van der Waals surface area (Å²) >= 11 is 0. The highest BCUT2D eigenvalue weighted by atomic mass is 16.5. The van der Waals surface area contributed by atoms with Crippen molar-refractivity contribution in [3.8, 4) is 0 Å². The molecule has 0 aromatic heterocycles. The van der Waals surface area contributed by atoms with E-state index in [-0.39, 0.29) is 5.54 Å². The van der Waals surface area contributed by atoms with E-state index in [0.29, 0.717) is 6.04 Å². The summed E-state index contributed by atoms with van der Waals surface area (Å²) in [7, 11) is 1.79. The molecule has 0 fully saturated rings. The fourth-order valence-corrected chi connectivity index (χ4v) is 3.39. The molecule has 0 bridgehead atoms. The first-order valence-corrected chi connectivity index (χ1v) is 8.11. The average molecular weight is 272 g/mol. The van der Waals surface area contributed by atoms with E-state index in [1.165, 1.54) is 38.5 Å². The molecule has 0 atom stereocenters. The maximum Gasteiger partial charge on any atom is 0.0590 e. The van der Waals surface area contributed by atoms with Gasteiger partial charge in [-0.2, -0.15) is 0 Å². The summed E-state index contributed by atoms with van der Waals surface area (Å²) in [6, 6.07) is 0.622. The highest BCUT2D eigenvalue weighted by Gasteiger charge is 2.36. The van der Waals surface area contributed by atoms with Crippen molar-refractivity contribution >= 4 is 0 Å². The van der Waals surface area contributed by atoms with Crippen LogP contribution in [0, 0.1) is 0 Å². The minimum Gasteiger partial charge on any atom is -0.383 e. The number of methoxy groups -OCH3 is 1. The lowest BCUT2D eigenvalue weighted by Gasteiger charge is -2.47. The van der Waals surface area contributed by atoms with Crippen molar-refractivity contribution in [3.05, 3.63) is 0 Å². The van der Waals surface area contributed by atoms with Gasteiger partial charge in [-0.1, -0.05) is 40.5 Å². The van der Waals surface area contributed by atoms with Gasteiger partial charge in [0.1, 0.15) is 0 Å². The summed E-state index contributed by atoms with van der Waals surface area (Å²) in [5.74, 6) is 0. The second-order valence-corrected chi connectivity index (χ2v) is 5.58. The molecule has 0 unspecified atom stereocenters. The SMILES string of the molecule is CCCC(CN)(CCC)N(CCOC)C(CC)CC. The lowest BCUT2D eigenvalue weighted by molar-refractivity contribution is 0.00759. The van der Waals surface area contributed by atoms with Gasteiger partial charge in [0.2, 0.25) is 0 Å². The van der Waals surface area contributed by atoms with Crippen molar-refractivity contribution in [2.45, 2.75) is 77.8 Å². The third-order valence-electron chi connectivity index (χ3n) is 4.34. The Morgan fingerprint density at radius 1 is 1.05 bits per heavy atom. The van der Waals surface area contributed by atoms with Crippen molar-refractivity contribution < 1.29 is 4.74 Å². The molecule has 0 aliphatic heterocycles. The maximum atomic E-state index is 6.22. The Kier molecular flexibility index (Phi) is 10.6. The number of nitrogens with zero attached hydrogens (tertiary/aromatic N) is 1. The zero-order valence-corrected chi connectivity index (χ0v) is 13.9. The molecule has 0 aliphatic rings. The van der Waals surface area contributed by atoms with Crippen molar-refractivity contribution in [2.75, 3.05) is 26.8 Å². The van der Waals surface area contributed by atoms with E-state index in [9.17, 15) is 0 Å². The van der Waals surface area contributed by atoms with Crippen LogP contribution in [0.3, 0.4) is 0 Å². The zero-order chi connectivity index (χ0) is 14.7. The minimum atomic E-state index is 0.165. The van der Waals surface area contributed by atoms with Crippen LogP contribution in [0.1, 0.15) is 66.2 Å². The second-order valence-electron chi connectivity index (χ2n) is 5.58. The molecule has 0 spiro atoms. The molecule has 2 N–H and O–H groups in total. The Hall–Kier alpha value is -0.120. The predicted octanol–water partition coefficient (Wildman–Crippen LogP) is 3.42. The van der Waals surface area contributed by atoms with E-state index in [1.807, 2.05) is 0 Å². The van der Waals surface area contributed by atoms with Crippen LogP contribution in [0.4, 0.5) is 0 Å². The van der Waals surface area contributed by atoms with Crippen LogP contribution in [-0.4, -0.2) is 43.3 Å². The molecule has 0 rings (SSSR count). The highest BCUT2D eigenvalue weighted by Crippen LogP contribution is 2.30. The normalized spacial score (nSPS) is 12.6. The van der Waals surface area contributed by atoms with E-state index in [1.54, 1.807) is 7.11 Å². The first-order chi connectivity index (χ1) is 9.15. The molecule has 3 nitrogen and oxygen atoms in total. The van der Waals surface area contributed by atoms with Crippen LogP contribution >= 0.6 is 0 Å². The van der Waals surface area contributed by atoms with Crippen molar-refractivity contribution in [1.82, 2.24) is 4.90 Å². The molecular formula is C16H36N2O. The summed E-state index contributed by atoms with van der Waals surface area (Å²) < 4.78 is 5.32. The van der Waals surface area contributed by atoms with Crippen LogP contribution < -0.4 is 5.73 Å². The van der Waals surface area contributed by atoms with Gasteiger partial charge < -0.3 is 10.5 Å². The Balaban J connectivity index is 5.17. The fourth-order valence-electron chi connectivity index (χ4n) is 3.39. The molecular weight excluding hydrogens is 236 g/mol. The van der Waals surface area contributed by atoms with Crippen LogP contribution in [0.5, 0.6) is 0 Å². The summed E-state index contributed by atoms with van der Waals surface area (Å²) in [5, 5.41) is 0. The van der Waals surface area contributed by atoms with Crippen molar-refractivity contribution in [2.24, 2.45) is 5.73 Å². The first-order valence-electron chi connectivity index (χ1n) is 8.11. The largest absolute Gasteiger partial charge is 0.383 e. The minimum absolute atomic E-state index is 0.165. The number of hydrogen-bond donors (Lipinski definition) is 1. The van der Waals surface area contributed by atoms with Crippen LogP contribution in [0.15, 0.2) is 0 Å². The second kappa shape index (κ2) is 10.6. The maximum absolute atomic E-state index is 6.22. The lowest BCUT2D eigenvalue weighted by Crippen LogP contribution is -2.58. The van der Waals surface area contributed by atoms with Crippen LogP contribution in [-0.2, 0) is 4.74 Å². The summed E-state index contributed by atoms with van der Waals surface area (Å²) in [6.45, 7) is 11.7. The number of nitrogens with two attached hydrogens (primary N) is 1. The lowest BCUT2D eigenvalue weighted by atomic mass is 9.84. The van der Waals surface area contributed by atoms with Crippen molar-refractivity contribution in [1.29, 1.82) is 0 Å². The first kappa shape index (κ1) is 18.9. The fraction of sp³-hybridized carbons (Fsp3) is 1.00. The molecule has 19 heavy (non-hydrogen) atoms. The summed E-state index contributed by atoms with van der Waals surface area (Å²) in [4.78, 5) is 2.66. The van der Waals surface area contributed by atoms with E-state index < -0.39 is 0 Å². The molecule has 0 aromatic rings. The Bertz CT molecular complexity index is 199. The Labute approximate surface area is 120 Å². The van der Waals surface area contributed by atoms with Gasteiger partial charge in [-0.15, -0.1) is 0 Å². The third-order valence-corrected chi connectivity index (χ3v) is 4.34.